The molecule has 0 amide bonds. The number of carbonyl (C=O) groups is 6. The first kappa shape index (κ1) is 112. The Morgan fingerprint density at radius 2 is 0.760 bits per heavy atom. The number of nitrogens with zero attached hydrogens (tertiary/aromatic N) is 4. The smallest absolute Gasteiger partial charge is 0.414 e. The van der Waals surface area contributed by atoms with Crippen molar-refractivity contribution in [1.82, 2.24) is 9.80 Å². The highest BCUT2D eigenvalue weighted by atomic mass is 16.6. The van der Waals surface area contributed by atoms with Gasteiger partial charge in [0.2, 0.25) is 6.20 Å². The van der Waals surface area contributed by atoms with Crippen molar-refractivity contribution < 1.29 is 111 Å². The van der Waals surface area contributed by atoms with E-state index in [4.69, 9.17) is 87.5 Å². The lowest BCUT2D eigenvalue weighted by Crippen LogP contribution is -2.46. The normalized spacial score (nSPS) is 14.9. The summed E-state index contributed by atoms with van der Waals surface area (Å²) in [6, 6.07) is 82.9. The minimum atomic E-state index is -1.82. The SMILES string of the molecule is COc1cc(/C=C/[N+](=O)[O-])ccc1OCc1ccccc1.COc1cc(C=O)ccc1O.COc1cc(C=O)ccc1OCc1ccccc1.COc1cc(CCN)ccc1OCc1ccccc1.COc1cc2c(cc1O)C1CC(=O)C(CC(C)C)CN1CC2.COc1cc2c(cc1OCc1ccccc1)C1CC(=O)C(CC(C)C)CN1CC2.COc1cc2c(cc1OCc1ccccc1)C=NCC2.O=C(O)C(=O)O. The van der Waals surface area contributed by atoms with Gasteiger partial charge in [-0.25, -0.2) is 9.59 Å². The molecule has 2 saturated heterocycles. The number of aliphatic imine (C=N–C) groups is 1. The van der Waals surface area contributed by atoms with Crippen LogP contribution in [0, 0.1) is 33.8 Å². The summed E-state index contributed by atoms with van der Waals surface area (Å²) in [5, 5.41) is 44.3. The van der Waals surface area contributed by atoms with Gasteiger partial charge >= 0.3 is 11.9 Å². The number of carboxylic acid groups (broad SMARTS) is 2. The monoisotopic (exact) mass is 1990 g/mol. The molecule has 12 aromatic carbocycles. The quantitative estimate of drug-likeness (QED) is 0.0113. The topological polar surface area (TPSA) is 382 Å². The second kappa shape index (κ2) is 58.7. The molecule has 17 rings (SSSR count). The fourth-order valence-electron chi connectivity index (χ4n) is 17.0. The van der Waals surface area contributed by atoms with Gasteiger partial charge in [-0.05, 0) is 226 Å². The van der Waals surface area contributed by atoms with Crippen LogP contribution >= 0.6 is 0 Å². The number of hydrogen-bond donors (Lipinski definition) is 5. The van der Waals surface area contributed by atoms with E-state index < -0.39 is 16.9 Å². The summed E-state index contributed by atoms with van der Waals surface area (Å²) >= 11 is 0. The lowest BCUT2D eigenvalue weighted by atomic mass is 9.80. The number of phenolic OH excluding ortho intramolecular Hbond substituents is 2. The van der Waals surface area contributed by atoms with E-state index in [1.54, 1.807) is 78.0 Å². The number of piperidine rings is 2. The van der Waals surface area contributed by atoms with E-state index in [9.17, 15) is 34.4 Å². The molecular weight excluding hydrogens is 1860 g/mol. The molecule has 146 heavy (non-hydrogen) atoms. The first-order valence-corrected chi connectivity index (χ1v) is 48.1. The predicted octanol–water partition coefficient (Wildman–Crippen LogP) is 20.7. The first-order valence-electron chi connectivity index (χ1n) is 48.1. The van der Waals surface area contributed by atoms with Crippen molar-refractivity contribution >= 4 is 48.4 Å². The molecule has 0 radical (unpaired) electrons. The average Bonchev–Trinajstić information content (AvgIpc) is 0.763. The van der Waals surface area contributed by atoms with Crippen LogP contribution in [0.3, 0.4) is 0 Å². The third-order valence-electron chi connectivity index (χ3n) is 24.4. The van der Waals surface area contributed by atoms with E-state index >= 15 is 0 Å². The molecule has 5 heterocycles. The zero-order chi connectivity index (χ0) is 105. The number of phenols is 2. The fourth-order valence-corrected chi connectivity index (χ4v) is 17.0. The summed E-state index contributed by atoms with van der Waals surface area (Å²) in [5.74, 6) is 6.56. The molecule has 6 N–H and O–H groups in total. The minimum absolute atomic E-state index is 0.0399. The number of ketones is 2. The summed E-state index contributed by atoms with van der Waals surface area (Å²) in [5.41, 5.74) is 21.2. The highest BCUT2D eigenvalue weighted by Crippen LogP contribution is 2.46. The number of Topliss-reactive ketones (excluding diaryl/α,β-unsaturated/α-hetero) is 2. The van der Waals surface area contributed by atoms with Crippen LogP contribution in [-0.4, -0.2) is 166 Å². The van der Waals surface area contributed by atoms with E-state index in [2.05, 4.69) is 72.8 Å². The number of aldehydes is 2. The van der Waals surface area contributed by atoms with E-state index in [0.29, 0.717) is 133 Å². The maximum atomic E-state index is 12.8. The number of rotatable bonds is 32. The van der Waals surface area contributed by atoms with Gasteiger partial charge in [-0.2, -0.15) is 0 Å². The summed E-state index contributed by atoms with van der Waals surface area (Å²) < 4.78 is 66.0. The fraction of sp³-hybridized carbons (Fsp3) is 0.308. The van der Waals surface area contributed by atoms with Gasteiger partial charge in [0.15, 0.2) is 80.5 Å². The molecule has 2 fully saturated rings. The number of aliphatic carboxylic acids is 2. The third kappa shape index (κ3) is 34.8. The maximum absolute atomic E-state index is 12.8. The molecule has 4 unspecified atom stereocenters. The van der Waals surface area contributed by atoms with Gasteiger partial charge < -0.3 is 83.0 Å². The first-order chi connectivity index (χ1) is 70.7. The molecule has 29 nitrogen and oxygen atoms in total. The second-order valence-electron chi connectivity index (χ2n) is 35.5. The molecule has 29 heteroatoms. The Balaban J connectivity index is 0.000000175. The van der Waals surface area contributed by atoms with Gasteiger partial charge in [-0.3, -0.25) is 44.1 Å². The number of nitro groups is 1. The molecule has 0 saturated carbocycles. The Morgan fingerprint density at radius 3 is 1.16 bits per heavy atom. The lowest BCUT2D eigenvalue weighted by Gasteiger charge is -2.43. The number of carbonyl (C=O) groups excluding carboxylic acids is 4. The Bertz CT molecular complexity index is 6260. The Kier molecular flexibility index (Phi) is 45.0. The molecule has 5 aliphatic rings. The van der Waals surface area contributed by atoms with E-state index in [1.165, 1.54) is 60.7 Å². The van der Waals surface area contributed by atoms with Gasteiger partial charge in [-0.1, -0.05) is 191 Å². The summed E-state index contributed by atoms with van der Waals surface area (Å²) in [7, 11) is 11.1. The Labute approximate surface area is 853 Å². The van der Waals surface area contributed by atoms with E-state index in [0.717, 1.165) is 163 Å². The number of ether oxygens (including phenoxy) is 12. The molecule has 0 aromatic heterocycles. The highest BCUT2D eigenvalue weighted by molar-refractivity contribution is 6.27. The van der Waals surface area contributed by atoms with Crippen LogP contribution in [0.25, 0.3) is 6.08 Å². The van der Waals surface area contributed by atoms with Crippen molar-refractivity contribution in [3.8, 4) is 80.5 Å². The number of methoxy groups -OCH3 is 7. The van der Waals surface area contributed by atoms with E-state index in [1.807, 2.05) is 176 Å². The van der Waals surface area contributed by atoms with Crippen LogP contribution in [-0.2, 0) is 77.9 Å². The number of carboxylic acids is 2. The number of aromatic hydroxyl groups is 2. The molecule has 4 atom stereocenters. The van der Waals surface area contributed by atoms with Crippen LogP contribution in [0.15, 0.2) is 272 Å². The average molecular weight is 1990 g/mol. The second-order valence-corrected chi connectivity index (χ2v) is 35.5. The summed E-state index contributed by atoms with van der Waals surface area (Å²) in [6.07, 6.45) is 12.6. The maximum Gasteiger partial charge on any atom is 0.414 e. The van der Waals surface area contributed by atoms with Gasteiger partial charge in [0.25, 0.3) is 0 Å². The van der Waals surface area contributed by atoms with Crippen molar-refractivity contribution in [2.24, 2.45) is 34.4 Å². The molecule has 768 valence electrons. The molecule has 5 aliphatic heterocycles. The third-order valence-corrected chi connectivity index (χ3v) is 24.4. The number of benzene rings is 12. The van der Waals surface area contributed by atoms with Crippen molar-refractivity contribution in [3.63, 3.8) is 0 Å². The van der Waals surface area contributed by atoms with Crippen LogP contribution in [0.5, 0.6) is 80.5 Å². The summed E-state index contributed by atoms with van der Waals surface area (Å²) in [4.78, 5) is 83.5. The molecule has 12 aromatic rings. The van der Waals surface area contributed by atoms with Gasteiger partial charge in [-0.15, -0.1) is 0 Å². The van der Waals surface area contributed by atoms with Crippen molar-refractivity contribution in [1.29, 1.82) is 0 Å². The highest BCUT2D eigenvalue weighted by Gasteiger charge is 2.41. The van der Waals surface area contributed by atoms with Gasteiger partial charge in [0.05, 0.1) is 54.7 Å². The Morgan fingerprint density at radius 1 is 0.411 bits per heavy atom. The van der Waals surface area contributed by atoms with Gasteiger partial charge in [0, 0.05) is 92.9 Å². The Hall–Kier alpha value is -15.9. The largest absolute Gasteiger partial charge is 0.504 e. The molecular formula is C117H131N5O24. The number of hydrogen-bond acceptors (Lipinski definition) is 26. The molecule has 0 bridgehead atoms. The van der Waals surface area contributed by atoms with Crippen molar-refractivity contribution in [2.75, 3.05) is 89.0 Å². The van der Waals surface area contributed by atoms with Crippen LogP contribution in [0.1, 0.15) is 159 Å². The zero-order valence-corrected chi connectivity index (χ0v) is 84.4. The summed E-state index contributed by atoms with van der Waals surface area (Å²) in [6.45, 7) is 16.4. The minimum Gasteiger partial charge on any atom is -0.504 e. The van der Waals surface area contributed by atoms with Crippen molar-refractivity contribution in [3.05, 3.63) is 361 Å². The number of fused-ring (bicyclic) bond motifs is 7. The van der Waals surface area contributed by atoms with Crippen LogP contribution < -0.4 is 62.6 Å². The number of nitrogens with two attached hydrogens (primary N) is 1. The van der Waals surface area contributed by atoms with Crippen LogP contribution in [0.2, 0.25) is 0 Å². The zero-order valence-electron chi connectivity index (χ0n) is 84.4. The van der Waals surface area contributed by atoms with Crippen molar-refractivity contribution in [2.45, 2.75) is 124 Å². The molecule has 0 aliphatic carbocycles. The predicted molar refractivity (Wildman–Crippen MR) is 560 cm³/mol. The van der Waals surface area contributed by atoms with Gasteiger partial charge in [0.1, 0.15) is 57.2 Å². The molecule has 0 spiro atoms. The van der Waals surface area contributed by atoms with E-state index in [-0.39, 0.29) is 35.4 Å². The van der Waals surface area contributed by atoms with Crippen LogP contribution in [0.4, 0.5) is 0 Å². The standard InChI is InChI=1S/C25H31NO3.C18H25NO3.C17H17NO2.C16H15NO4.C16H19NO2.C15H14O3.C8H8O3.C2H2O4/c1-17(2)11-20-15-26-10-9-19-12-24(28-3)25(13-21(19)22(26)14-23(20)27)29-16-18-7-5-4-6-8-18;1-11(2)6-13-10-19-5-4-12-7-18(22-3)17(21)8-14(12)15(19)9-16(13)20;1-19-16-9-14-7-8-18-11-15(14)10-17(16)20-12-13-5-3-2-4-6-13;1-20-16-11-13(9-10-17(18)19)7-8-15(16)21-12-14-5-3-2-4-6-14;1-18-16-11-13(9-10-17)7-8-15(16)19-12-14-5-3-2-4-6-14;1-17-15-9-13(10-16)7-8-14(15)18-11-12-5-3-2-4-6-12;1-11-8-4-6(5-9)2-3-7(8)10;3-1(4)2(5)6/h4-8,12-13,17,20,22H,9-11,14-16H2,1-3H3;7-8,11,13,15,21H,4-6,9-10H2,1-3H3;2-6,9-11H,7-8,12H2,1H3;2-11H,12H2,1H3;2-8,11H,9-10,12,17H2,1H3;2-10H,11H2,1H3;2-5,10H,1H3;(H,3,4)(H,5,6)/b;;;10-9+;;;;. The lowest BCUT2D eigenvalue weighted by molar-refractivity contribution is -0.400.